The van der Waals surface area contributed by atoms with E-state index < -0.39 is 66.1 Å². The van der Waals surface area contributed by atoms with Gasteiger partial charge in [-0.15, -0.1) is 0 Å². The molecule has 17 nitrogen and oxygen atoms in total. The summed E-state index contributed by atoms with van der Waals surface area (Å²) < 4.78 is 11.9. The van der Waals surface area contributed by atoms with Gasteiger partial charge < -0.3 is 39.9 Å². The molecule has 9 atom stereocenters. The molecule has 0 bridgehead atoms. The molecular formula is C49H76N6O11. The lowest BCUT2D eigenvalue weighted by Crippen LogP contribution is -2.60. The Balaban J connectivity index is 1.71. The Bertz CT molecular complexity index is 1840. The fourth-order valence-electron chi connectivity index (χ4n) is 9.26. The topological polar surface area (TPSA) is 212 Å². The first kappa shape index (κ1) is 55.2. The lowest BCUT2D eigenvalue weighted by molar-refractivity contribution is -0.149. The molecule has 17 heteroatoms. The molecular weight excluding hydrogens is 849 g/mol. The van der Waals surface area contributed by atoms with Crippen LogP contribution in [0.4, 0.5) is 0 Å². The number of benzene rings is 1. The number of nitrogens with one attached hydrogen (secondary N) is 2. The number of unbranched alkanes of at least 4 members (excludes halogenated alkanes) is 2. The van der Waals surface area contributed by atoms with E-state index >= 15 is 0 Å². The Morgan fingerprint density at radius 2 is 1.47 bits per heavy atom. The van der Waals surface area contributed by atoms with Crippen molar-refractivity contribution in [1.29, 1.82) is 0 Å². The van der Waals surface area contributed by atoms with Gasteiger partial charge in [-0.3, -0.25) is 38.5 Å². The molecule has 1 aromatic carbocycles. The number of carboxylic acids is 1. The van der Waals surface area contributed by atoms with E-state index in [1.165, 1.54) is 36.2 Å². The van der Waals surface area contributed by atoms with Crippen molar-refractivity contribution >= 4 is 47.3 Å². The van der Waals surface area contributed by atoms with Crippen LogP contribution in [0.3, 0.4) is 0 Å². The van der Waals surface area contributed by atoms with Crippen molar-refractivity contribution in [3.05, 3.63) is 48.0 Å². The minimum Gasteiger partial charge on any atom is -0.480 e. The number of nitrogens with zero attached hydrogens (tertiary/aromatic N) is 4. The number of imide groups is 1. The second-order valence-corrected chi connectivity index (χ2v) is 18.6. The Morgan fingerprint density at radius 3 is 2.02 bits per heavy atom. The molecule has 1 aromatic rings. The molecule has 0 aromatic heterocycles. The number of carboxylic acid groups (broad SMARTS) is 1. The molecule has 66 heavy (non-hydrogen) atoms. The molecule has 0 saturated carbocycles. The van der Waals surface area contributed by atoms with Gasteiger partial charge >= 0.3 is 5.97 Å². The third-order valence-corrected chi connectivity index (χ3v) is 13.3. The third-order valence-electron chi connectivity index (χ3n) is 13.3. The minimum atomic E-state index is -1.16. The molecule has 1 saturated heterocycles. The number of methoxy groups -OCH3 is 2. The largest absolute Gasteiger partial charge is 0.480 e. The van der Waals surface area contributed by atoms with E-state index in [1.54, 1.807) is 55.1 Å². The van der Waals surface area contributed by atoms with Crippen LogP contribution in [-0.2, 0) is 54.3 Å². The molecule has 0 spiro atoms. The van der Waals surface area contributed by atoms with Crippen LogP contribution in [0.15, 0.2) is 42.5 Å². The highest BCUT2D eigenvalue weighted by atomic mass is 16.5. The molecule has 2 aliphatic heterocycles. The summed E-state index contributed by atoms with van der Waals surface area (Å²) in [7, 11) is 6.21. The monoisotopic (exact) mass is 925 g/mol. The first-order valence-corrected chi connectivity index (χ1v) is 23.5. The number of likely N-dealkylation sites (N-methyl/N-ethyl adjacent to an activating group) is 2. The van der Waals surface area contributed by atoms with Gasteiger partial charge in [0.1, 0.15) is 18.1 Å². The van der Waals surface area contributed by atoms with Gasteiger partial charge in [0.2, 0.25) is 29.5 Å². The standard InChI is InChI=1S/C49H76N6O11/c1-12-32(6)44(37(65-10)29-41(59)54-27-19-22-36(54)45(66-11)33(7)46(60)50-35(49(63)64)28-34-20-15-13-16-21-34)53(9)48(62)42(30(2)3)51-47(61)43(31(4)5)52(8)38(56)23-17-14-18-26-55-39(57)24-25-40(55)58/h13,15-16,20-21,24-25,30-33,35-37,42-45H,12,14,17-19,22-23,26-29H2,1-11H3,(H,50,60)(H,51,61)(H,63,64)/t32-,33+,35-,36-,37+,42-,43-,44?,45+/m0/s1. The van der Waals surface area contributed by atoms with Crippen LogP contribution >= 0.6 is 0 Å². The number of carbonyl (C=O) groups excluding carboxylic acids is 7. The number of ether oxygens (including phenoxy) is 2. The van der Waals surface area contributed by atoms with Gasteiger partial charge in [-0.25, -0.2) is 4.79 Å². The minimum absolute atomic E-state index is 0.0818. The van der Waals surface area contributed by atoms with Crippen LogP contribution < -0.4 is 10.6 Å². The normalized spacial score (nSPS) is 18.7. The predicted molar refractivity (Wildman–Crippen MR) is 248 cm³/mol. The lowest BCUT2D eigenvalue weighted by atomic mass is 9.89. The smallest absolute Gasteiger partial charge is 0.326 e. The van der Waals surface area contributed by atoms with Gasteiger partial charge in [0.05, 0.1) is 36.6 Å². The molecule has 2 aliphatic rings. The molecule has 0 aliphatic carbocycles. The van der Waals surface area contributed by atoms with Gasteiger partial charge in [0.25, 0.3) is 11.8 Å². The molecule has 3 rings (SSSR count). The summed E-state index contributed by atoms with van der Waals surface area (Å²) in [5.74, 6) is -5.24. The van der Waals surface area contributed by atoms with E-state index in [0.29, 0.717) is 45.1 Å². The van der Waals surface area contributed by atoms with E-state index in [2.05, 4.69) is 10.6 Å². The summed E-state index contributed by atoms with van der Waals surface area (Å²) in [5.41, 5.74) is 0.762. The lowest BCUT2D eigenvalue weighted by Gasteiger charge is -2.41. The van der Waals surface area contributed by atoms with Crippen molar-refractivity contribution in [2.24, 2.45) is 23.7 Å². The fraction of sp³-hybridized carbons (Fsp3) is 0.673. The number of amides is 7. The fourth-order valence-corrected chi connectivity index (χ4v) is 9.26. The van der Waals surface area contributed by atoms with Crippen LogP contribution in [0.1, 0.15) is 105 Å². The Hall–Kier alpha value is -5.16. The number of likely N-dealkylation sites (tertiary alicyclic amines) is 1. The molecule has 1 unspecified atom stereocenters. The van der Waals surface area contributed by atoms with Crippen molar-refractivity contribution in [2.45, 2.75) is 149 Å². The van der Waals surface area contributed by atoms with Crippen LogP contribution in [-0.4, -0.2) is 156 Å². The zero-order chi connectivity index (χ0) is 49.4. The summed E-state index contributed by atoms with van der Waals surface area (Å²) in [4.78, 5) is 112. The summed E-state index contributed by atoms with van der Waals surface area (Å²) in [5, 5.41) is 15.6. The van der Waals surface area contributed by atoms with Crippen molar-refractivity contribution in [3.63, 3.8) is 0 Å². The van der Waals surface area contributed by atoms with E-state index in [-0.39, 0.29) is 73.1 Å². The van der Waals surface area contributed by atoms with Gasteiger partial charge in [-0.2, -0.15) is 0 Å². The van der Waals surface area contributed by atoms with E-state index in [0.717, 1.165) is 5.56 Å². The van der Waals surface area contributed by atoms with E-state index in [4.69, 9.17) is 9.47 Å². The Morgan fingerprint density at radius 1 is 0.833 bits per heavy atom. The molecule has 368 valence electrons. The van der Waals surface area contributed by atoms with Gasteiger partial charge in [0, 0.05) is 66.4 Å². The first-order chi connectivity index (χ1) is 31.2. The zero-order valence-electron chi connectivity index (χ0n) is 41.0. The summed E-state index contributed by atoms with van der Waals surface area (Å²) >= 11 is 0. The summed E-state index contributed by atoms with van der Waals surface area (Å²) in [6.07, 6.45) is 4.72. The SMILES string of the molecule is CC[C@H](C)C([C@@H](CC(=O)N1CCC[C@H]1[C@H](OC)[C@@H](C)C(=O)N[C@@H](Cc1ccccc1)C(=O)O)OC)N(C)C(=O)[C@@H](NC(=O)[C@H](C(C)C)N(C)C(=O)CCCCCN1C(=O)C=CC1=O)C(C)C. The van der Waals surface area contributed by atoms with Gasteiger partial charge in [-0.1, -0.05) is 91.6 Å². The highest BCUT2D eigenvalue weighted by molar-refractivity contribution is 6.12. The average Bonchev–Trinajstić information content (AvgIpc) is 3.89. The maximum atomic E-state index is 14.6. The number of aliphatic carboxylic acids is 1. The molecule has 2 heterocycles. The summed E-state index contributed by atoms with van der Waals surface area (Å²) in [6, 6.07) is 4.97. The number of hydrogen-bond donors (Lipinski definition) is 3. The summed E-state index contributed by atoms with van der Waals surface area (Å²) in [6.45, 7) is 13.6. The molecule has 3 N–H and O–H groups in total. The number of carbonyl (C=O) groups is 8. The van der Waals surface area contributed by atoms with Crippen LogP contribution in [0.5, 0.6) is 0 Å². The van der Waals surface area contributed by atoms with E-state index in [9.17, 15) is 43.5 Å². The third kappa shape index (κ3) is 14.7. The van der Waals surface area contributed by atoms with Crippen molar-refractivity contribution in [1.82, 2.24) is 30.2 Å². The molecule has 0 radical (unpaired) electrons. The van der Waals surface area contributed by atoms with Gasteiger partial charge in [-0.05, 0) is 49.0 Å². The van der Waals surface area contributed by atoms with Crippen molar-refractivity contribution in [2.75, 3.05) is 41.4 Å². The average molecular weight is 925 g/mol. The first-order valence-electron chi connectivity index (χ1n) is 23.5. The van der Waals surface area contributed by atoms with Crippen molar-refractivity contribution < 1.29 is 52.9 Å². The maximum Gasteiger partial charge on any atom is 0.326 e. The quantitative estimate of drug-likeness (QED) is 0.0853. The second kappa shape index (κ2) is 26.2. The highest BCUT2D eigenvalue weighted by Crippen LogP contribution is 2.30. The highest BCUT2D eigenvalue weighted by Gasteiger charge is 2.44. The Kier molecular flexibility index (Phi) is 21.9. The van der Waals surface area contributed by atoms with Crippen LogP contribution in [0, 0.1) is 23.7 Å². The van der Waals surface area contributed by atoms with Gasteiger partial charge in [0.15, 0.2) is 0 Å². The van der Waals surface area contributed by atoms with Crippen LogP contribution in [0.2, 0.25) is 0 Å². The molecule has 1 fully saturated rings. The van der Waals surface area contributed by atoms with Crippen LogP contribution in [0.25, 0.3) is 0 Å². The van der Waals surface area contributed by atoms with E-state index in [1.807, 2.05) is 47.6 Å². The second-order valence-electron chi connectivity index (χ2n) is 18.6. The van der Waals surface area contributed by atoms with Crippen molar-refractivity contribution in [3.8, 4) is 0 Å². The number of hydrogen-bond acceptors (Lipinski definition) is 10. The Labute approximate surface area is 391 Å². The predicted octanol–water partition coefficient (Wildman–Crippen LogP) is 3.83. The number of rotatable bonds is 27. The molecule has 7 amide bonds. The zero-order valence-corrected chi connectivity index (χ0v) is 41.0. The maximum absolute atomic E-state index is 14.6.